The first kappa shape index (κ1) is 26.7. The van der Waals surface area contributed by atoms with Crippen molar-refractivity contribution in [3.05, 3.63) is 71.9 Å². The van der Waals surface area contributed by atoms with Crippen LogP contribution in [0.1, 0.15) is 48.9 Å². The number of nitrogens with two attached hydrogens (primary N) is 2. The molecule has 11 heteroatoms. The van der Waals surface area contributed by atoms with E-state index in [2.05, 4.69) is 32.1 Å². The van der Waals surface area contributed by atoms with Crippen LogP contribution >= 0.6 is 0 Å². The average Bonchev–Trinajstić information content (AvgIpc) is 3.59. The SMILES string of the molecule is Cc1cncc(-c2ccc3c(c2)c(CCC2CCCC2)nn3-c2nc(N)c(-c3cncc(C(F)(F)F)c3)c(N)n2)c1. The van der Waals surface area contributed by atoms with Crippen LogP contribution in [-0.4, -0.2) is 29.7 Å². The number of nitrogens with zero attached hydrogens (tertiary/aromatic N) is 6. The molecule has 0 radical (unpaired) electrons. The van der Waals surface area contributed by atoms with Crippen molar-refractivity contribution in [1.82, 2.24) is 29.7 Å². The van der Waals surface area contributed by atoms with Gasteiger partial charge in [0.1, 0.15) is 11.6 Å². The Labute approximate surface area is 234 Å². The molecule has 4 heterocycles. The van der Waals surface area contributed by atoms with Gasteiger partial charge in [0.05, 0.1) is 22.3 Å². The van der Waals surface area contributed by atoms with Crippen LogP contribution in [0.5, 0.6) is 0 Å². The fraction of sp³-hybridized carbons (Fsp3) is 0.300. The number of halogens is 3. The highest BCUT2D eigenvalue weighted by Gasteiger charge is 2.31. The maximum Gasteiger partial charge on any atom is 0.417 e. The third-order valence-electron chi connectivity index (χ3n) is 7.73. The summed E-state index contributed by atoms with van der Waals surface area (Å²) >= 11 is 0. The molecule has 4 N–H and O–H groups in total. The zero-order chi connectivity index (χ0) is 28.7. The van der Waals surface area contributed by atoms with E-state index in [0.717, 1.165) is 58.4 Å². The number of aromatic nitrogens is 6. The van der Waals surface area contributed by atoms with E-state index in [1.54, 1.807) is 4.68 Å². The lowest BCUT2D eigenvalue weighted by Crippen LogP contribution is -2.11. The number of rotatable bonds is 6. The van der Waals surface area contributed by atoms with Crippen molar-refractivity contribution in [2.24, 2.45) is 5.92 Å². The van der Waals surface area contributed by atoms with Crippen LogP contribution < -0.4 is 11.5 Å². The van der Waals surface area contributed by atoms with Crippen LogP contribution in [0.2, 0.25) is 0 Å². The second-order valence-electron chi connectivity index (χ2n) is 10.7. The zero-order valence-corrected chi connectivity index (χ0v) is 22.5. The number of alkyl halides is 3. The van der Waals surface area contributed by atoms with E-state index in [-0.39, 0.29) is 28.7 Å². The van der Waals surface area contributed by atoms with Gasteiger partial charge in [-0.3, -0.25) is 9.97 Å². The Hall–Kier alpha value is -4.54. The van der Waals surface area contributed by atoms with E-state index in [1.807, 2.05) is 31.5 Å². The van der Waals surface area contributed by atoms with Crippen LogP contribution in [-0.2, 0) is 12.6 Å². The molecule has 0 amide bonds. The first-order valence-electron chi connectivity index (χ1n) is 13.6. The molecule has 0 aliphatic heterocycles. The fourth-order valence-corrected chi connectivity index (χ4v) is 5.66. The van der Waals surface area contributed by atoms with E-state index in [9.17, 15) is 13.2 Å². The van der Waals surface area contributed by atoms with E-state index in [1.165, 1.54) is 31.9 Å². The third kappa shape index (κ3) is 5.31. The quantitative estimate of drug-likeness (QED) is 0.242. The molecule has 0 unspecified atom stereocenters. The molecule has 0 spiro atoms. The van der Waals surface area contributed by atoms with Gasteiger partial charge < -0.3 is 11.5 Å². The number of benzene rings is 1. The minimum atomic E-state index is -4.57. The Kier molecular flexibility index (Phi) is 6.80. The number of anilines is 2. The molecule has 1 aliphatic carbocycles. The molecular formula is C30H29F3N8. The van der Waals surface area contributed by atoms with Crippen molar-refractivity contribution < 1.29 is 13.2 Å². The number of nitrogen functional groups attached to an aromatic ring is 2. The fourth-order valence-electron chi connectivity index (χ4n) is 5.66. The van der Waals surface area contributed by atoms with E-state index < -0.39 is 11.7 Å². The number of hydrogen-bond acceptors (Lipinski definition) is 7. The summed E-state index contributed by atoms with van der Waals surface area (Å²) in [4.78, 5) is 16.9. The second kappa shape index (κ2) is 10.5. The summed E-state index contributed by atoms with van der Waals surface area (Å²) in [6.45, 7) is 2.01. The summed E-state index contributed by atoms with van der Waals surface area (Å²) in [6, 6.07) is 9.08. The van der Waals surface area contributed by atoms with Crippen molar-refractivity contribution >= 4 is 22.5 Å². The second-order valence-corrected chi connectivity index (χ2v) is 10.7. The molecule has 1 fully saturated rings. The molecule has 0 bridgehead atoms. The molecular weight excluding hydrogens is 529 g/mol. The summed E-state index contributed by atoms with van der Waals surface area (Å²) in [7, 11) is 0. The molecule has 8 nitrogen and oxygen atoms in total. The molecule has 0 saturated heterocycles. The molecule has 4 aromatic heterocycles. The van der Waals surface area contributed by atoms with Crippen LogP contribution in [0.3, 0.4) is 0 Å². The summed E-state index contributed by atoms with van der Waals surface area (Å²) < 4.78 is 41.5. The average molecular weight is 559 g/mol. The Morgan fingerprint density at radius 3 is 2.29 bits per heavy atom. The largest absolute Gasteiger partial charge is 0.417 e. The van der Waals surface area contributed by atoms with Gasteiger partial charge in [-0.15, -0.1) is 0 Å². The van der Waals surface area contributed by atoms with Gasteiger partial charge >= 0.3 is 6.18 Å². The maximum atomic E-state index is 13.3. The number of aryl methyl sites for hydroxylation is 2. The Bertz CT molecular complexity index is 1720. The van der Waals surface area contributed by atoms with Crippen molar-refractivity contribution in [3.8, 4) is 28.2 Å². The predicted molar refractivity (Wildman–Crippen MR) is 152 cm³/mol. The molecule has 1 aromatic carbocycles. The normalized spacial score (nSPS) is 14.2. The summed E-state index contributed by atoms with van der Waals surface area (Å²) in [5.74, 6) is 0.701. The lowest BCUT2D eigenvalue weighted by Gasteiger charge is -2.12. The monoisotopic (exact) mass is 558 g/mol. The van der Waals surface area contributed by atoms with Gasteiger partial charge in [-0.05, 0) is 61.1 Å². The highest BCUT2D eigenvalue weighted by atomic mass is 19.4. The smallest absolute Gasteiger partial charge is 0.383 e. The van der Waals surface area contributed by atoms with Crippen LogP contribution in [0, 0.1) is 12.8 Å². The Morgan fingerprint density at radius 2 is 1.59 bits per heavy atom. The summed E-state index contributed by atoms with van der Waals surface area (Å²) in [5.41, 5.74) is 16.6. The lowest BCUT2D eigenvalue weighted by molar-refractivity contribution is -0.137. The van der Waals surface area contributed by atoms with E-state index in [4.69, 9.17) is 16.6 Å². The Balaban J connectivity index is 1.44. The number of fused-ring (bicyclic) bond motifs is 1. The summed E-state index contributed by atoms with van der Waals surface area (Å²) in [5, 5.41) is 5.87. The van der Waals surface area contributed by atoms with Gasteiger partial charge in [-0.2, -0.15) is 32.9 Å². The van der Waals surface area contributed by atoms with Gasteiger partial charge in [0.2, 0.25) is 0 Å². The number of hydrogen-bond donors (Lipinski definition) is 2. The highest BCUT2D eigenvalue weighted by molar-refractivity contribution is 5.89. The first-order chi connectivity index (χ1) is 19.7. The van der Waals surface area contributed by atoms with Crippen molar-refractivity contribution in [3.63, 3.8) is 0 Å². The van der Waals surface area contributed by atoms with Gasteiger partial charge in [-0.25, -0.2) is 0 Å². The molecule has 1 saturated carbocycles. The maximum absolute atomic E-state index is 13.3. The first-order valence-corrected chi connectivity index (χ1v) is 13.6. The molecule has 0 atom stereocenters. The van der Waals surface area contributed by atoms with Crippen LogP contribution in [0.15, 0.2) is 55.1 Å². The van der Waals surface area contributed by atoms with Gasteiger partial charge in [0.25, 0.3) is 5.95 Å². The molecule has 5 aromatic rings. The lowest BCUT2D eigenvalue weighted by atomic mass is 9.98. The minimum absolute atomic E-state index is 0.0627. The molecule has 210 valence electrons. The van der Waals surface area contributed by atoms with Crippen molar-refractivity contribution in [1.29, 1.82) is 0 Å². The van der Waals surface area contributed by atoms with Gasteiger partial charge in [0.15, 0.2) is 0 Å². The van der Waals surface area contributed by atoms with Crippen molar-refractivity contribution in [2.45, 2.75) is 51.6 Å². The topological polar surface area (TPSA) is 121 Å². The highest BCUT2D eigenvalue weighted by Crippen LogP contribution is 2.36. The van der Waals surface area contributed by atoms with Gasteiger partial charge in [0, 0.05) is 41.3 Å². The van der Waals surface area contributed by atoms with E-state index in [0.29, 0.717) is 5.92 Å². The van der Waals surface area contributed by atoms with Gasteiger partial charge in [-0.1, -0.05) is 31.7 Å². The molecule has 6 rings (SSSR count). The number of pyridine rings is 2. The van der Waals surface area contributed by atoms with Crippen molar-refractivity contribution in [2.75, 3.05) is 11.5 Å². The third-order valence-corrected chi connectivity index (χ3v) is 7.73. The Morgan fingerprint density at radius 1 is 0.878 bits per heavy atom. The summed E-state index contributed by atoms with van der Waals surface area (Å²) in [6.07, 6.45) is 7.93. The molecule has 41 heavy (non-hydrogen) atoms. The standard InChI is InChI=1S/C30H29F3N8/c1-17-10-20(14-36-13-17)19-7-9-25-23(12-19)24(8-6-18-4-2-3-5-18)40-41(25)29-38-27(34)26(28(35)39-29)21-11-22(16-37-15-21)30(31,32)33/h7,9-16,18H,2-6,8H2,1H3,(H4,34,35,38,39). The predicted octanol–water partition coefficient (Wildman–Crippen LogP) is 6.55. The van der Waals surface area contributed by atoms with E-state index >= 15 is 0 Å². The zero-order valence-electron chi connectivity index (χ0n) is 22.5. The minimum Gasteiger partial charge on any atom is -0.383 e. The van der Waals surface area contributed by atoms with Crippen LogP contribution in [0.4, 0.5) is 24.8 Å². The van der Waals surface area contributed by atoms with Crippen LogP contribution in [0.25, 0.3) is 39.1 Å². The molecule has 1 aliphatic rings.